The van der Waals surface area contributed by atoms with Gasteiger partial charge in [0.25, 0.3) is 0 Å². The number of hydrogen-bond acceptors (Lipinski definition) is 0. The zero-order chi connectivity index (χ0) is 14.9. The molecule has 2 aromatic rings. The molecule has 4 heteroatoms. The molecule has 20 heavy (non-hydrogen) atoms. The van der Waals surface area contributed by atoms with Gasteiger partial charge in [0, 0.05) is 17.0 Å². The minimum Gasteiger partial charge on any atom is -0.207 e. The quantitative estimate of drug-likeness (QED) is 0.509. The van der Waals surface area contributed by atoms with Crippen LogP contribution < -0.4 is 0 Å². The van der Waals surface area contributed by atoms with Crippen LogP contribution in [0.1, 0.15) is 29.8 Å². The van der Waals surface area contributed by atoms with Crippen molar-refractivity contribution < 1.29 is 13.2 Å². The van der Waals surface area contributed by atoms with Gasteiger partial charge in [-0.25, -0.2) is 13.2 Å². The van der Waals surface area contributed by atoms with Crippen LogP contribution in [-0.2, 0) is 5.41 Å². The fourth-order valence-electron chi connectivity index (χ4n) is 2.13. The molecule has 0 saturated carbocycles. The lowest BCUT2D eigenvalue weighted by Crippen LogP contribution is -2.24. The molecule has 0 bridgehead atoms. The zero-order valence-electron chi connectivity index (χ0n) is 11.1. The van der Waals surface area contributed by atoms with Gasteiger partial charge in [-0.05, 0) is 11.6 Å². The van der Waals surface area contributed by atoms with E-state index in [9.17, 15) is 13.2 Å². The lowest BCUT2D eigenvalue weighted by Gasteiger charge is -2.31. The number of halogens is 4. The van der Waals surface area contributed by atoms with Gasteiger partial charge in [0.2, 0.25) is 0 Å². The van der Waals surface area contributed by atoms with E-state index in [1.54, 1.807) is 0 Å². The highest BCUT2D eigenvalue weighted by Crippen LogP contribution is 2.44. The van der Waals surface area contributed by atoms with E-state index in [1.165, 1.54) is 0 Å². The topological polar surface area (TPSA) is 0 Å². The van der Waals surface area contributed by atoms with Gasteiger partial charge in [0.1, 0.15) is 5.82 Å². The van der Waals surface area contributed by atoms with Crippen LogP contribution in [0.25, 0.3) is 0 Å². The molecule has 0 aliphatic rings. The second-order valence-corrected chi connectivity index (χ2v) is 6.15. The van der Waals surface area contributed by atoms with Crippen LogP contribution in [-0.4, -0.2) is 0 Å². The van der Waals surface area contributed by atoms with E-state index >= 15 is 0 Å². The fraction of sp³-hybridized carbons (Fsp3) is 0.250. The maximum Gasteiger partial charge on any atom is 0.161 e. The van der Waals surface area contributed by atoms with E-state index in [-0.39, 0.29) is 5.56 Å². The Hall–Kier alpha value is -1.29. The summed E-state index contributed by atoms with van der Waals surface area (Å²) in [6.07, 6.45) is 0. The summed E-state index contributed by atoms with van der Waals surface area (Å²) < 4.78 is 40.3. The molecule has 0 aliphatic carbocycles. The zero-order valence-corrected chi connectivity index (χ0v) is 12.7. The van der Waals surface area contributed by atoms with Crippen LogP contribution in [0.5, 0.6) is 0 Å². The standard InChI is InChI=1S/C16H14BrF3/c1-16(2,10-6-4-3-5-7-10)15(17)11-8-13(19)14(20)9-12(11)18/h3-9,15H,1-2H3. The average molecular weight is 343 g/mol. The molecule has 1 unspecified atom stereocenters. The molecule has 2 rings (SSSR count). The van der Waals surface area contributed by atoms with Crippen molar-refractivity contribution in [2.24, 2.45) is 0 Å². The Labute approximate surface area is 124 Å². The molecular weight excluding hydrogens is 329 g/mol. The molecule has 0 aliphatic heterocycles. The molecule has 0 amide bonds. The van der Waals surface area contributed by atoms with Crippen molar-refractivity contribution in [3.8, 4) is 0 Å². The highest BCUT2D eigenvalue weighted by molar-refractivity contribution is 9.09. The van der Waals surface area contributed by atoms with Gasteiger partial charge in [-0.15, -0.1) is 0 Å². The molecule has 0 aromatic heterocycles. The molecule has 0 heterocycles. The molecular formula is C16H14BrF3. The van der Waals surface area contributed by atoms with Crippen molar-refractivity contribution in [3.63, 3.8) is 0 Å². The highest BCUT2D eigenvalue weighted by Gasteiger charge is 2.33. The third kappa shape index (κ3) is 2.75. The van der Waals surface area contributed by atoms with Crippen molar-refractivity contribution in [3.05, 3.63) is 71.0 Å². The van der Waals surface area contributed by atoms with E-state index < -0.39 is 27.7 Å². The van der Waals surface area contributed by atoms with Gasteiger partial charge < -0.3 is 0 Å². The van der Waals surface area contributed by atoms with E-state index in [1.807, 2.05) is 44.2 Å². The molecule has 0 spiro atoms. The van der Waals surface area contributed by atoms with Crippen molar-refractivity contribution in [2.75, 3.05) is 0 Å². The third-order valence-corrected chi connectivity index (χ3v) is 5.10. The third-order valence-electron chi connectivity index (χ3n) is 3.46. The number of rotatable bonds is 3. The minimum atomic E-state index is -1.18. The lowest BCUT2D eigenvalue weighted by atomic mass is 9.79. The Bertz CT molecular complexity index is 609. The Balaban J connectivity index is 2.45. The average Bonchev–Trinajstić information content (AvgIpc) is 2.43. The first kappa shape index (κ1) is 15.1. The molecule has 0 radical (unpaired) electrons. The van der Waals surface area contributed by atoms with Gasteiger partial charge in [0.05, 0.1) is 4.83 Å². The molecule has 1 atom stereocenters. The largest absolute Gasteiger partial charge is 0.207 e. The van der Waals surface area contributed by atoms with Crippen LogP contribution in [0.4, 0.5) is 13.2 Å². The predicted molar refractivity (Wildman–Crippen MR) is 77.5 cm³/mol. The van der Waals surface area contributed by atoms with Crippen LogP contribution in [0, 0.1) is 17.5 Å². The maximum absolute atomic E-state index is 13.9. The first-order chi connectivity index (χ1) is 9.34. The summed E-state index contributed by atoms with van der Waals surface area (Å²) in [5.41, 5.74) is 0.607. The van der Waals surface area contributed by atoms with Crippen molar-refractivity contribution in [1.82, 2.24) is 0 Å². The molecule has 0 N–H and O–H groups in total. The Morgan fingerprint density at radius 1 is 0.900 bits per heavy atom. The molecule has 106 valence electrons. The number of alkyl halides is 1. The second kappa shape index (κ2) is 5.60. The van der Waals surface area contributed by atoms with E-state index in [4.69, 9.17) is 0 Å². The SMILES string of the molecule is CC(C)(c1ccccc1)C(Br)c1cc(F)c(F)cc1F. The van der Waals surface area contributed by atoms with Gasteiger partial charge in [-0.3, -0.25) is 0 Å². The maximum atomic E-state index is 13.9. The number of hydrogen-bond donors (Lipinski definition) is 0. The first-order valence-corrected chi connectivity index (χ1v) is 7.09. The summed E-state index contributed by atoms with van der Waals surface area (Å²) in [5.74, 6) is -2.98. The van der Waals surface area contributed by atoms with E-state index in [0.29, 0.717) is 6.07 Å². The number of benzene rings is 2. The van der Waals surface area contributed by atoms with Gasteiger partial charge in [-0.1, -0.05) is 60.1 Å². The van der Waals surface area contributed by atoms with Crippen molar-refractivity contribution >= 4 is 15.9 Å². The molecule has 2 aromatic carbocycles. The monoisotopic (exact) mass is 342 g/mol. The van der Waals surface area contributed by atoms with E-state index in [0.717, 1.165) is 11.6 Å². The summed E-state index contributed by atoms with van der Waals surface area (Å²) in [6.45, 7) is 3.84. The lowest BCUT2D eigenvalue weighted by molar-refractivity contribution is 0.467. The first-order valence-electron chi connectivity index (χ1n) is 6.18. The molecule has 0 fully saturated rings. The van der Waals surface area contributed by atoms with Gasteiger partial charge in [0.15, 0.2) is 11.6 Å². The summed E-state index contributed by atoms with van der Waals surface area (Å²) in [4.78, 5) is -0.479. The summed E-state index contributed by atoms with van der Waals surface area (Å²) in [7, 11) is 0. The predicted octanol–water partition coefficient (Wildman–Crippen LogP) is 5.52. The van der Waals surface area contributed by atoms with Crippen molar-refractivity contribution in [1.29, 1.82) is 0 Å². The smallest absolute Gasteiger partial charge is 0.161 e. The summed E-state index contributed by atoms with van der Waals surface area (Å²) in [6, 6.07) is 11.0. The van der Waals surface area contributed by atoms with Crippen LogP contribution in [0.3, 0.4) is 0 Å². The summed E-state index contributed by atoms with van der Waals surface area (Å²) >= 11 is 3.42. The Kier molecular flexibility index (Phi) is 4.23. The van der Waals surface area contributed by atoms with E-state index in [2.05, 4.69) is 15.9 Å². The fourth-order valence-corrected chi connectivity index (χ4v) is 2.75. The van der Waals surface area contributed by atoms with Crippen molar-refractivity contribution in [2.45, 2.75) is 24.1 Å². The Morgan fingerprint density at radius 2 is 1.45 bits per heavy atom. The molecule has 0 nitrogen and oxygen atoms in total. The van der Waals surface area contributed by atoms with Crippen LogP contribution in [0.2, 0.25) is 0 Å². The highest BCUT2D eigenvalue weighted by atomic mass is 79.9. The van der Waals surface area contributed by atoms with Crippen LogP contribution >= 0.6 is 15.9 Å². The molecule has 0 saturated heterocycles. The normalized spacial score (nSPS) is 13.3. The van der Waals surface area contributed by atoms with Gasteiger partial charge >= 0.3 is 0 Å². The minimum absolute atomic E-state index is 0.109. The second-order valence-electron chi connectivity index (χ2n) is 5.24. The van der Waals surface area contributed by atoms with Gasteiger partial charge in [-0.2, -0.15) is 0 Å². The Morgan fingerprint density at radius 3 is 2.05 bits per heavy atom. The van der Waals surface area contributed by atoms with Crippen LogP contribution in [0.15, 0.2) is 42.5 Å². The summed E-state index contributed by atoms with van der Waals surface area (Å²) in [5, 5.41) is 0.